The summed E-state index contributed by atoms with van der Waals surface area (Å²) in [6.07, 6.45) is 5.42. The molecule has 2 aromatic heterocycles. The Labute approximate surface area is 234 Å². The lowest BCUT2D eigenvalue weighted by atomic mass is 9.85. The molecule has 0 saturated carbocycles. The zero-order valence-electron chi connectivity index (χ0n) is 23.5. The fourth-order valence-corrected chi connectivity index (χ4v) is 6.32. The first kappa shape index (κ1) is 26.9. The molecule has 2 atom stereocenters. The zero-order chi connectivity index (χ0) is 28.0. The quantitative estimate of drug-likeness (QED) is 0.482. The van der Waals surface area contributed by atoms with Crippen molar-refractivity contribution in [1.29, 1.82) is 0 Å². The number of nitrogens with one attached hydrogen (secondary N) is 1. The van der Waals surface area contributed by atoms with Gasteiger partial charge in [-0.2, -0.15) is 0 Å². The lowest BCUT2D eigenvalue weighted by Crippen LogP contribution is -2.47. The van der Waals surface area contributed by atoms with Crippen LogP contribution < -0.4 is 0 Å². The van der Waals surface area contributed by atoms with Crippen molar-refractivity contribution in [2.45, 2.75) is 46.2 Å². The van der Waals surface area contributed by atoms with Gasteiger partial charge in [0.05, 0.1) is 37.2 Å². The first-order valence-electron chi connectivity index (χ1n) is 14.2. The molecule has 0 radical (unpaired) electrons. The molecule has 0 bridgehead atoms. The van der Waals surface area contributed by atoms with Crippen molar-refractivity contribution in [3.05, 3.63) is 52.8 Å². The van der Waals surface area contributed by atoms with Crippen LogP contribution in [0.3, 0.4) is 0 Å². The number of aromatic nitrogens is 2. The van der Waals surface area contributed by atoms with E-state index >= 15 is 0 Å². The van der Waals surface area contributed by atoms with Crippen LogP contribution >= 0.6 is 0 Å². The average molecular weight is 547 g/mol. The minimum atomic E-state index is -0.904. The van der Waals surface area contributed by atoms with E-state index in [-0.39, 0.29) is 17.9 Å². The number of rotatable bonds is 6. The molecule has 5 heterocycles. The molecule has 6 rings (SSSR count). The number of amides is 1. The number of aliphatic carboxylic acids is 1. The summed E-state index contributed by atoms with van der Waals surface area (Å²) >= 11 is 0. The maximum atomic E-state index is 13.4. The van der Waals surface area contributed by atoms with E-state index in [1.807, 2.05) is 17.3 Å². The highest BCUT2D eigenvalue weighted by Crippen LogP contribution is 2.38. The fourth-order valence-electron chi connectivity index (χ4n) is 6.32. The van der Waals surface area contributed by atoms with Gasteiger partial charge in [0.25, 0.3) is 0 Å². The maximum Gasteiger partial charge on any atom is 0.310 e. The van der Waals surface area contributed by atoms with Crippen molar-refractivity contribution in [1.82, 2.24) is 19.8 Å². The van der Waals surface area contributed by atoms with Crippen molar-refractivity contribution in [3.63, 3.8) is 0 Å². The van der Waals surface area contributed by atoms with Gasteiger partial charge in [-0.15, -0.1) is 0 Å². The Bertz CT molecular complexity index is 1440. The highest BCUT2D eigenvalue weighted by Gasteiger charge is 2.37. The van der Waals surface area contributed by atoms with Gasteiger partial charge in [0.1, 0.15) is 5.65 Å². The summed E-state index contributed by atoms with van der Waals surface area (Å²) in [5.74, 6) is -0.720. The standard InChI is InChI=1S/C31H38N4O5/c1-19-13-32-28-24(19)12-23(14-33-28)22-10-20-4-6-34(29(36)21-5-8-39-16-21)15-26(20)25(11-22)27-17-40-9-7-35(27)18-31(2,3)30(37)38/h10-14,21,27H,4-9,15-18H2,1-3H3,(H,32,33)(H,37,38)/t21-,27-/m0/s1. The minimum Gasteiger partial charge on any atom is -0.481 e. The molecule has 212 valence electrons. The molecule has 2 N–H and O–H groups in total. The van der Waals surface area contributed by atoms with E-state index in [0.717, 1.165) is 51.7 Å². The van der Waals surface area contributed by atoms with Gasteiger partial charge in [0.2, 0.25) is 5.91 Å². The summed E-state index contributed by atoms with van der Waals surface area (Å²) < 4.78 is 11.5. The fraction of sp³-hybridized carbons (Fsp3) is 0.516. The normalized spacial score (nSPS) is 22.0. The minimum absolute atomic E-state index is 0.0717. The summed E-state index contributed by atoms with van der Waals surface area (Å²) in [7, 11) is 0. The van der Waals surface area contributed by atoms with Crippen LogP contribution in [0.4, 0.5) is 0 Å². The topological polar surface area (TPSA) is 108 Å². The van der Waals surface area contributed by atoms with Crippen molar-refractivity contribution < 1.29 is 24.2 Å². The molecule has 40 heavy (non-hydrogen) atoms. The van der Waals surface area contributed by atoms with E-state index in [2.05, 4.69) is 40.0 Å². The van der Waals surface area contributed by atoms with Crippen molar-refractivity contribution in [2.75, 3.05) is 46.1 Å². The van der Waals surface area contributed by atoms with Gasteiger partial charge >= 0.3 is 5.97 Å². The molecule has 1 amide bonds. The number of carboxylic acid groups (broad SMARTS) is 1. The first-order valence-corrected chi connectivity index (χ1v) is 14.2. The first-order chi connectivity index (χ1) is 19.2. The number of carbonyl (C=O) groups is 2. The molecule has 0 spiro atoms. The number of aromatic amines is 1. The van der Waals surface area contributed by atoms with Crippen LogP contribution in [0, 0.1) is 18.3 Å². The predicted molar refractivity (Wildman–Crippen MR) is 151 cm³/mol. The maximum absolute atomic E-state index is 13.4. The zero-order valence-corrected chi connectivity index (χ0v) is 23.5. The molecule has 0 unspecified atom stereocenters. The smallest absolute Gasteiger partial charge is 0.310 e. The van der Waals surface area contributed by atoms with Crippen LogP contribution in [0.25, 0.3) is 22.2 Å². The van der Waals surface area contributed by atoms with E-state index in [1.54, 1.807) is 13.8 Å². The Balaban J connectivity index is 1.42. The van der Waals surface area contributed by atoms with Gasteiger partial charge in [0.15, 0.2) is 0 Å². The Kier molecular flexibility index (Phi) is 7.14. The molecule has 3 aliphatic heterocycles. The largest absolute Gasteiger partial charge is 0.481 e. The van der Waals surface area contributed by atoms with Crippen LogP contribution in [0.2, 0.25) is 0 Å². The van der Waals surface area contributed by atoms with Crippen molar-refractivity contribution in [3.8, 4) is 11.1 Å². The molecule has 3 aromatic rings. The highest BCUT2D eigenvalue weighted by molar-refractivity contribution is 5.85. The third-order valence-corrected chi connectivity index (χ3v) is 8.81. The van der Waals surface area contributed by atoms with E-state index in [0.29, 0.717) is 52.6 Å². The number of carboxylic acids is 1. The van der Waals surface area contributed by atoms with Gasteiger partial charge in [-0.3, -0.25) is 14.5 Å². The molecule has 2 saturated heterocycles. The van der Waals surface area contributed by atoms with Gasteiger partial charge in [-0.05, 0) is 73.6 Å². The van der Waals surface area contributed by atoms with Crippen molar-refractivity contribution in [2.24, 2.45) is 11.3 Å². The third kappa shape index (κ3) is 5.02. The van der Waals surface area contributed by atoms with Gasteiger partial charge < -0.3 is 24.5 Å². The number of hydrogen-bond donors (Lipinski definition) is 2. The SMILES string of the molecule is Cc1c[nH]c2ncc(-c3cc4c(c([C@@H]5COCCN5CC(C)(C)C(=O)O)c3)CN(C(=O)[C@H]3CCOC3)CC4)cc12. The number of carbonyl (C=O) groups excluding carboxylic acids is 1. The number of pyridine rings is 1. The van der Waals surface area contributed by atoms with E-state index in [4.69, 9.17) is 9.47 Å². The number of fused-ring (bicyclic) bond motifs is 2. The van der Waals surface area contributed by atoms with Gasteiger partial charge in [-0.1, -0.05) is 6.07 Å². The molecule has 3 aliphatic rings. The van der Waals surface area contributed by atoms with Crippen LogP contribution in [-0.4, -0.2) is 82.8 Å². The molecule has 1 aromatic carbocycles. The molecule has 9 nitrogen and oxygen atoms in total. The average Bonchev–Trinajstić information content (AvgIpc) is 3.62. The number of aryl methyl sites for hydroxylation is 1. The lowest BCUT2D eigenvalue weighted by molar-refractivity contribution is -0.149. The Morgan fingerprint density at radius 1 is 1.12 bits per heavy atom. The Morgan fingerprint density at radius 3 is 2.73 bits per heavy atom. The Hall–Kier alpha value is -3.27. The highest BCUT2D eigenvalue weighted by atomic mass is 16.5. The number of H-pyrrole nitrogens is 1. The predicted octanol–water partition coefficient (Wildman–Crippen LogP) is 3.94. The summed E-state index contributed by atoms with van der Waals surface area (Å²) in [4.78, 5) is 37.6. The van der Waals surface area contributed by atoms with E-state index in [1.165, 1.54) is 5.56 Å². The van der Waals surface area contributed by atoms with Crippen LogP contribution in [0.1, 0.15) is 48.6 Å². The van der Waals surface area contributed by atoms with Crippen LogP contribution in [0.5, 0.6) is 0 Å². The summed E-state index contributed by atoms with van der Waals surface area (Å²) in [6.45, 7) is 10.1. The molecular formula is C31H38N4O5. The second-order valence-corrected chi connectivity index (χ2v) is 12.1. The molecular weight excluding hydrogens is 508 g/mol. The summed E-state index contributed by atoms with van der Waals surface area (Å²) in [5, 5.41) is 11.0. The van der Waals surface area contributed by atoms with Crippen molar-refractivity contribution >= 4 is 22.9 Å². The number of ether oxygens (including phenoxy) is 2. The Morgan fingerprint density at radius 2 is 1.95 bits per heavy atom. The van der Waals surface area contributed by atoms with E-state index in [9.17, 15) is 14.7 Å². The molecule has 2 fully saturated rings. The van der Waals surface area contributed by atoms with E-state index < -0.39 is 11.4 Å². The number of morpholine rings is 1. The second-order valence-electron chi connectivity index (χ2n) is 12.1. The van der Waals surface area contributed by atoms with Gasteiger partial charge in [-0.25, -0.2) is 4.98 Å². The number of hydrogen-bond acceptors (Lipinski definition) is 6. The monoisotopic (exact) mass is 546 g/mol. The van der Waals surface area contributed by atoms with Gasteiger partial charge in [0, 0.05) is 56.1 Å². The lowest BCUT2D eigenvalue weighted by Gasteiger charge is -2.41. The number of benzene rings is 1. The summed E-state index contributed by atoms with van der Waals surface area (Å²) in [6, 6.07) is 6.54. The van der Waals surface area contributed by atoms with Crippen LogP contribution in [-0.2, 0) is 32.0 Å². The van der Waals surface area contributed by atoms with Crippen LogP contribution in [0.15, 0.2) is 30.6 Å². The molecule has 0 aliphatic carbocycles. The summed E-state index contributed by atoms with van der Waals surface area (Å²) in [5.41, 5.74) is 6.72. The molecule has 9 heteroatoms. The second kappa shape index (κ2) is 10.6. The third-order valence-electron chi connectivity index (χ3n) is 8.81. The number of nitrogens with zero attached hydrogens (tertiary/aromatic N) is 3.